The van der Waals surface area contributed by atoms with Crippen LogP contribution in [0.3, 0.4) is 0 Å². The Morgan fingerprint density at radius 2 is 1.91 bits per heavy atom. The molecule has 0 amide bonds. The Hall–Kier alpha value is -2.70. The Balaban J connectivity index is 1.73. The summed E-state index contributed by atoms with van der Waals surface area (Å²) in [4.78, 5) is 12.9. The van der Waals surface area contributed by atoms with E-state index in [2.05, 4.69) is 30.3 Å². The summed E-state index contributed by atoms with van der Waals surface area (Å²) in [6, 6.07) is 22.3. The van der Waals surface area contributed by atoms with Crippen LogP contribution in [0.4, 0.5) is 0 Å². The molecule has 0 radical (unpaired) electrons. The molecule has 1 aliphatic rings. The van der Waals surface area contributed by atoms with Crippen molar-refractivity contribution >= 4 is 17.6 Å². The van der Waals surface area contributed by atoms with E-state index in [-0.39, 0.29) is 6.54 Å². The van der Waals surface area contributed by atoms with E-state index in [4.69, 9.17) is 27.2 Å². The second-order valence-corrected chi connectivity index (χ2v) is 8.67. The van der Waals surface area contributed by atoms with Gasteiger partial charge in [-0.2, -0.15) is 0 Å². The van der Waals surface area contributed by atoms with Gasteiger partial charge in [0.05, 0.1) is 13.2 Å². The van der Waals surface area contributed by atoms with E-state index in [1.165, 1.54) is 0 Å². The molecule has 4 rings (SSSR count). The summed E-state index contributed by atoms with van der Waals surface area (Å²) in [6.07, 6.45) is 0.629. The fourth-order valence-corrected chi connectivity index (χ4v) is 4.63. The lowest BCUT2D eigenvalue weighted by molar-refractivity contribution is -0.138. The summed E-state index contributed by atoms with van der Waals surface area (Å²) in [5.41, 5.74) is 11.9. The van der Waals surface area contributed by atoms with Crippen LogP contribution in [-0.2, 0) is 28.3 Å². The quantitative estimate of drug-likeness (QED) is 0.522. The number of benzene rings is 3. The number of fused-ring (bicyclic) bond motifs is 1. The third kappa shape index (κ3) is 4.43. The third-order valence-electron chi connectivity index (χ3n) is 6.12. The van der Waals surface area contributed by atoms with Gasteiger partial charge < -0.3 is 15.6 Å². The van der Waals surface area contributed by atoms with E-state index in [0.29, 0.717) is 31.1 Å². The first-order valence-corrected chi connectivity index (χ1v) is 11.0. The number of ether oxygens (including phenoxy) is 1. The van der Waals surface area contributed by atoms with E-state index in [1.807, 2.05) is 43.4 Å². The van der Waals surface area contributed by atoms with Gasteiger partial charge in [-0.15, -0.1) is 0 Å². The molecule has 5 nitrogen and oxygen atoms in total. The highest BCUT2D eigenvalue weighted by Crippen LogP contribution is 2.46. The summed E-state index contributed by atoms with van der Waals surface area (Å²) < 4.78 is 6.50. The number of hydrogen-bond donors (Lipinski definition) is 2. The molecule has 0 saturated heterocycles. The van der Waals surface area contributed by atoms with Crippen LogP contribution < -0.4 is 5.73 Å². The first kappa shape index (κ1) is 22.5. The molecular weight excluding hydrogens is 424 g/mol. The summed E-state index contributed by atoms with van der Waals surface area (Å²) in [5, 5.41) is 9.80. The van der Waals surface area contributed by atoms with Crippen LogP contribution in [-0.4, -0.2) is 36.1 Å². The fraction of sp³-hybridized carbons (Fsp3) is 0.269. The monoisotopic (exact) mass is 450 g/mol. The second kappa shape index (κ2) is 9.43. The van der Waals surface area contributed by atoms with E-state index in [1.54, 1.807) is 4.90 Å². The van der Waals surface area contributed by atoms with Gasteiger partial charge in [0, 0.05) is 18.1 Å². The fourth-order valence-electron chi connectivity index (χ4n) is 4.50. The van der Waals surface area contributed by atoms with Gasteiger partial charge in [0.25, 0.3) is 0 Å². The maximum absolute atomic E-state index is 11.1. The molecule has 0 aliphatic carbocycles. The molecule has 1 heterocycles. The van der Waals surface area contributed by atoms with Gasteiger partial charge in [-0.3, -0.25) is 9.69 Å². The molecule has 1 aliphatic heterocycles. The number of nitrogens with two attached hydrogens (primary N) is 1. The number of aliphatic carboxylic acids is 1. The van der Waals surface area contributed by atoms with Crippen LogP contribution >= 0.6 is 11.6 Å². The highest BCUT2D eigenvalue weighted by molar-refractivity contribution is 6.30. The molecule has 166 valence electrons. The maximum Gasteiger partial charge on any atom is 0.317 e. The minimum atomic E-state index is -0.844. The molecule has 6 heteroatoms. The number of likely N-dealkylation sites (N-methyl/N-ethyl adjacent to an activating group) is 1. The molecule has 0 aromatic heterocycles. The lowest BCUT2D eigenvalue weighted by Gasteiger charge is -2.32. The standard InChI is InChI=1S/C26H27ClN2O3/c1-29(16-25(30)31)13-12-26(21-7-9-22(27)10-8-21)24-11-6-18(14-20(24)17-32-26)23-5-3-2-4-19(23)15-28/h2-11,14H,12-13,15-17,28H2,1H3,(H,30,31). The summed E-state index contributed by atoms with van der Waals surface area (Å²) >= 11 is 6.14. The number of carboxylic acids is 1. The summed E-state index contributed by atoms with van der Waals surface area (Å²) in [5.74, 6) is -0.844. The summed E-state index contributed by atoms with van der Waals surface area (Å²) in [7, 11) is 1.81. The SMILES string of the molecule is CN(CCC1(c2ccc(Cl)cc2)OCc2cc(-c3ccccc3CN)ccc21)CC(=O)O. The lowest BCUT2D eigenvalue weighted by atomic mass is 9.82. The van der Waals surface area contributed by atoms with E-state index >= 15 is 0 Å². The number of carbonyl (C=O) groups is 1. The predicted octanol–water partition coefficient (Wildman–Crippen LogP) is 4.65. The number of halogens is 1. The van der Waals surface area contributed by atoms with Crippen molar-refractivity contribution in [2.75, 3.05) is 20.1 Å². The molecule has 0 spiro atoms. The van der Waals surface area contributed by atoms with Gasteiger partial charge in [-0.25, -0.2) is 0 Å². The van der Waals surface area contributed by atoms with Crippen molar-refractivity contribution < 1.29 is 14.6 Å². The van der Waals surface area contributed by atoms with E-state index in [0.717, 1.165) is 33.4 Å². The average molecular weight is 451 g/mol. The van der Waals surface area contributed by atoms with Crippen LogP contribution in [0.25, 0.3) is 11.1 Å². The van der Waals surface area contributed by atoms with Gasteiger partial charge in [0.15, 0.2) is 0 Å². The zero-order valence-electron chi connectivity index (χ0n) is 18.1. The van der Waals surface area contributed by atoms with Crippen molar-refractivity contribution in [3.8, 4) is 11.1 Å². The van der Waals surface area contributed by atoms with Crippen molar-refractivity contribution in [1.82, 2.24) is 4.90 Å². The molecule has 1 unspecified atom stereocenters. The first-order chi connectivity index (χ1) is 15.4. The zero-order valence-corrected chi connectivity index (χ0v) is 18.8. The highest BCUT2D eigenvalue weighted by Gasteiger charge is 2.41. The first-order valence-electron chi connectivity index (χ1n) is 10.6. The second-order valence-electron chi connectivity index (χ2n) is 8.24. The van der Waals surface area contributed by atoms with Crippen molar-refractivity contribution in [2.24, 2.45) is 5.73 Å². The van der Waals surface area contributed by atoms with Gasteiger partial charge >= 0.3 is 5.97 Å². The Morgan fingerprint density at radius 1 is 1.16 bits per heavy atom. The molecule has 0 bridgehead atoms. The topological polar surface area (TPSA) is 75.8 Å². The molecule has 3 aromatic rings. The van der Waals surface area contributed by atoms with Crippen LogP contribution in [0.15, 0.2) is 66.7 Å². The van der Waals surface area contributed by atoms with Crippen molar-refractivity contribution in [3.05, 3.63) is 94.0 Å². The normalized spacial score (nSPS) is 17.5. The van der Waals surface area contributed by atoms with Crippen molar-refractivity contribution in [1.29, 1.82) is 0 Å². The smallest absolute Gasteiger partial charge is 0.317 e. The largest absolute Gasteiger partial charge is 0.480 e. The lowest BCUT2D eigenvalue weighted by Crippen LogP contribution is -2.34. The Bertz CT molecular complexity index is 1120. The van der Waals surface area contributed by atoms with Gasteiger partial charge in [-0.05, 0) is 65.0 Å². The van der Waals surface area contributed by atoms with Crippen LogP contribution in [0, 0.1) is 0 Å². The molecule has 32 heavy (non-hydrogen) atoms. The molecule has 1 atom stereocenters. The van der Waals surface area contributed by atoms with Gasteiger partial charge in [-0.1, -0.05) is 60.1 Å². The van der Waals surface area contributed by atoms with Gasteiger partial charge in [0.2, 0.25) is 0 Å². The highest BCUT2D eigenvalue weighted by atomic mass is 35.5. The van der Waals surface area contributed by atoms with E-state index < -0.39 is 11.6 Å². The number of hydrogen-bond acceptors (Lipinski definition) is 4. The molecule has 3 N–H and O–H groups in total. The Labute approximate surface area is 193 Å². The molecule has 3 aromatic carbocycles. The predicted molar refractivity (Wildman–Crippen MR) is 127 cm³/mol. The van der Waals surface area contributed by atoms with Crippen molar-refractivity contribution in [2.45, 2.75) is 25.2 Å². The van der Waals surface area contributed by atoms with Crippen LogP contribution in [0.2, 0.25) is 5.02 Å². The van der Waals surface area contributed by atoms with Crippen LogP contribution in [0.5, 0.6) is 0 Å². The summed E-state index contributed by atoms with van der Waals surface area (Å²) in [6.45, 7) is 1.53. The number of rotatable bonds is 8. The van der Waals surface area contributed by atoms with E-state index in [9.17, 15) is 4.79 Å². The average Bonchev–Trinajstić information content (AvgIpc) is 3.16. The zero-order chi connectivity index (χ0) is 22.7. The Morgan fingerprint density at radius 3 is 2.62 bits per heavy atom. The van der Waals surface area contributed by atoms with Crippen LogP contribution in [0.1, 0.15) is 28.7 Å². The van der Waals surface area contributed by atoms with Gasteiger partial charge in [0.1, 0.15) is 5.60 Å². The third-order valence-corrected chi connectivity index (χ3v) is 6.38. The molecule has 0 saturated carbocycles. The molecular formula is C26H27ClN2O3. The maximum atomic E-state index is 11.1. The molecule has 0 fully saturated rings. The minimum absolute atomic E-state index is 0.0155. The van der Waals surface area contributed by atoms with Crippen molar-refractivity contribution in [3.63, 3.8) is 0 Å². The number of carboxylic acid groups (broad SMARTS) is 1. The Kier molecular flexibility index (Phi) is 6.63. The minimum Gasteiger partial charge on any atom is -0.480 e. The number of nitrogens with zero attached hydrogens (tertiary/aromatic N) is 1.